The fourth-order valence-corrected chi connectivity index (χ4v) is 2.98. The van der Waals surface area contributed by atoms with E-state index in [0.717, 1.165) is 36.3 Å². The maximum atomic E-state index is 12.6. The number of hydrogen-bond donors (Lipinski definition) is 0. The zero-order chi connectivity index (χ0) is 17.0. The molecule has 1 aromatic rings. The Morgan fingerprint density at radius 2 is 1.74 bits per heavy atom. The summed E-state index contributed by atoms with van der Waals surface area (Å²) < 4.78 is 16.6. The molecule has 1 atom stereocenters. The van der Waals surface area contributed by atoms with Crippen molar-refractivity contribution in [2.24, 2.45) is 0 Å². The summed E-state index contributed by atoms with van der Waals surface area (Å²) in [6.45, 7) is 6.33. The second kappa shape index (κ2) is 7.11. The Morgan fingerprint density at radius 3 is 2.26 bits per heavy atom. The van der Waals surface area contributed by atoms with Gasteiger partial charge in [-0.2, -0.15) is 0 Å². The van der Waals surface area contributed by atoms with Crippen LogP contribution in [0.1, 0.15) is 51.6 Å². The van der Waals surface area contributed by atoms with Crippen LogP contribution >= 0.6 is 0 Å². The van der Waals surface area contributed by atoms with Gasteiger partial charge in [0.05, 0.1) is 25.8 Å². The summed E-state index contributed by atoms with van der Waals surface area (Å²) in [7, 11) is 3.28. The number of nitrogens with zero attached hydrogens (tertiary/aromatic N) is 1. The van der Waals surface area contributed by atoms with Crippen molar-refractivity contribution in [2.45, 2.75) is 51.7 Å². The smallest absolute Gasteiger partial charge is 0.410 e. The summed E-state index contributed by atoms with van der Waals surface area (Å²) in [5.74, 6) is 1.48. The molecule has 1 amide bonds. The van der Waals surface area contributed by atoms with E-state index < -0.39 is 5.60 Å². The van der Waals surface area contributed by atoms with Crippen molar-refractivity contribution in [3.8, 4) is 11.5 Å². The van der Waals surface area contributed by atoms with E-state index in [1.54, 1.807) is 19.1 Å². The molecule has 23 heavy (non-hydrogen) atoms. The highest BCUT2D eigenvalue weighted by atomic mass is 16.6. The summed E-state index contributed by atoms with van der Waals surface area (Å²) >= 11 is 0. The summed E-state index contributed by atoms with van der Waals surface area (Å²) in [6, 6.07) is 5.60. The van der Waals surface area contributed by atoms with Crippen molar-refractivity contribution in [1.29, 1.82) is 0 Å². The van der Waals surface area contributed by atoms with E-state index in [0.29, 0.717) is 6.54 Å². The standard InChI is InChI=1S/C18H27NO4/c1-18(2,3)23-17(20)19-12-7-6-9-13(19)16-14(21-4)10-8-11-15(16)22-5/h8,10-11,13H,6-7,9,12H2,1-5H3/t13-/m0/s1. The largest absolute Gasteiger partial charge is 0.496 e. The van der Waals surface area contributed by atoms with Gasteiger partial charge >= 0.3 is 6.09 Å². The van der Waals surface area contributed by atoms with Gasteiger partial charge in [-0.3, -0.25) is 0 Å². The first-order chi connectivity index (χ1) is 10.9. The summed E-state index contributed by atoms with van der Waals surface area (Å²) in [5, 5.41) is 0. The average Bonchev–Trinajstić information content (AvgIpc) is 2.52. The maximum absolute atomic E-state index is 12.6. The lowest BCUT2D eigenvalue weighted by molar-refractivity contribution is 0.00904. The molecule has 0 radical (unpaired) electrons. The molecule has 0 bridgehead atoms. The quantitative estimate of drug-likeness (QED) is 0.838. The van der Waals surface area contributed by atoms with Gasteiger partial charge in [0.2, 0.25) is 0 Å². The van der Waals surface area contributed by atoms with Gasteiger partial charge in [0, 0.05) is 6.54 Å². The first-order valence-electron chi connectivity index (χ1n) is 8.08. The van der Waals surface area contributed by atoms with Crippen LogP contribution < -0.4 is 9.47 Å². The minimum absolute atomic E-state index is 0.0929. The van der Waals surface area contributed by atoms with E-state index in [1.165, 1.54) is 0 Å². The molecule has 5 heteroatoms. The molecule has 2 rings (SSSR count). The van der Waals surface area contributed by atoms with Crippen molar-refractivity contribution in [2.75, 3.05) is 20.8 Å². The van der Waals surface area contributed by atoms with Crippen LogP contribution in [0.15, 0.2) is 18.2 Å². The van der Waals surface area contributed by atoms with Gasteiger partial charge in [-0.1, -0.05) is 6.07 Å². The van der Waals surface area contributed by atoms with Crippen molar-refractivity contribution in [3.05, 3.63) is 23.8 Å². The van der Waals surface area contributed by atoms with Crippen LogP contribution in [0.25, 0.3) is 0 Å². The number of likely N-dealkylation sites (tertiary alicyclic amines) is 1. The fraction of sp³-hybridized carbons (Fsp3) is 0.611. The molecule has 1 aliphatic rings. The molecule has 128 valence electrons. The Bertz CT molecular complexity index is 528. The predicted octanol–water partition coefficient (Wildman–Crippen LogP) is 4.17. The van der Waals surface area contributed by atoms with E-state index in [1.807, 2.05) is 39.0 Å². The zero-order valence-corrected chi connectivity index (χ0v) is 14.7. The Hall–Kier alpha value is -1.91. The molecule has 0 unspecified atom stereocenters. The van der Waals surface area contributed by atoms with Gasteiger partial charge in [0.1, 0.15) is 17.1 Å². The third kappa shape index (κ3) is 4.09. The van der Waals surface area contributed by atoms with Crippen LogP contribution in [0.3, 0.4) is 0 Å². The van der Waals surface area contributed by atoms with Gasteiger partial charge in [0.15, 0.2) is 0 Å². The molecule has 0 aliphatic carbocycles. The molecular weight excluding hydrogens is 294 g/mol. The molecule has 1 fully saturated rings. The highest BCUT2D eigenvalue weighted by Crippen LogP contribution is 2.42. The molecule has 0 spiro atoms. The molecule has 5 nitrogen and oxygen atoms in total. The Balaban J connectivity index is 2.37. The van der Waals surface area contributed by atoms with Gasteiger partial charge in [-0.15, -0.1) is 0 Å². The van der Waals surface area contributed by atoms with Gasteiger partial charge in [-0.25, -0.2) is 4.79 Å². The minimum Gasteiger partial charge on any atom is -0.496 e. The number of carbonyl (C=O) groups excluding carboxylic acids is 1. The first kappa shape index (κ1) is 17.4. The fourth-order valence-electron chi connectivity index (χ4n) is 2.98. The monoisotopic (exact) mass is 321 g/mol. The highest BCUT2D eigenvalue weighted by molar-refractivity contribution is 5.69. The highest BCUT2D eigenvalue weighted by Gasteiger charge is 2.34. The maximum Gasteiger partial charge on any atom is 0.410 e. The average molecular weight is 321 g/mol. The van der Waals surface area contributed by atoms with Crippen LogP contribution in [0, 0.1) is 0 Å². The second-order valence-electron chi connectivity index (χ2n) is 6.76. The van der Waals surface area contributed by atoms with Gasteiger partial charge in [0.25, 0.3) is 0 Å². The summed E-state index contributed by atoms with van der Waals surface area (Å²) in [6.07, 6.45) is 2.63. The molecule has 1 saturated heterocycles. The number of ether oxygens (including phenoxy) is 3. The van der Waals surface area contributed by atoms with Crippen molar-refractivity contribution in [1.82, 2.24) is 4.90 Å². The third-order valence-corrected chi connectivity index (χ3v) is 3.93. The number of hydrogen-bond acceptors (Lipinski definition) is 4. The molecule has 1 heterocycles. The second-order valence-corrected chi connectivity index (χ2v) is 6.76. The first-order valence-corrected chi connectivity index (χ1v) is 8.08. The third-order valence-electron chi connectivity index (χ3n) is 3.93. The summed E-state index contributed by atoms with van der Waals surface area (Å²) in [4.78, 5) is 14.4. The summed E-state index contributed by atoms with van der Waals surface area (Å²) in [5.41, 5.74) is 0.410. The molecule has 1 aromatic carbocycles. The van der Waals surface area contributed by atoms with E-state index in [-0.39, 0.29) is 12.1 Å². The van der Waals surface area contributed by atoms with E-state index in [4.69, 9.17) is 14.2 Å². The van der Waals surface area contributed by atoms with Crippen molar-refractivity contribution >= 4 is 6.09 Å². The molecule has 0 saturated carbocycles. The zero-order valence-electron chi connectivity index (χ0n) is 14.7. The van der Waals surface area contributed by atoms with Crippen LogP contribution in [0.2, 0.25) is 0 Å². The molecule has 0 aromatic heterocycles. The van der Waals surface area contributed by atoms with Gasteiger partial charge < -0.3 is 19.1 Å². The van der Waals surface area contributed by atoms with Crippen LogP contribution in [0.5, 0.6) is 11.5 Å². The lowest BCUT2D eigenvalue weighted by atomic mass is 9.94. The predicted molar refractivity (Wildman–Crippen MR) is 89.1 cm³/mol. The number of carbonyl (C=O) groups is 1. The topological polar surface area (TPSA) is 48.0 Å². The van der Waals surface area contributed by atoms with Crippen molar-refractivity contribution in [3.63, 3.8) is 0 Å². The van der Waals surface area contributed by atoms with Gasteiger partial charge in [-0.05, 0) is 52.2 Å². The number of piperidine rings is 1. The SMILES string of the molecule is COc1cccc(OC)c1[C@@H]1CCCCN1C(=O)OC(C)(C)C. The lowest BCUT2D eigenvalue weighted by Crippen LogP contribution is -2.42. The minimum atomic E-state index is -0.510. The lowest BCUT2D eigenvalue weighted by Gasteiger charge is -2.37. The molecule has 1 aliphatic heterocycles. The number of methoxy groups -OCH3 is 2. The van der Waals surface area contributed by atoms with Crippen LogP contribution in [-0.4, -0.2) is 37.4 Å². The van der Waals surface area contributed by atoms with Crippen LogP contribution in [0.4, 0.5) is 4.79 Å². The van der Waals surface area contributed by atoms with Crippen molar-refractivity contribution < 1.29 is 19.0 Å². The van der Waals surface area contributed by atoms with E-state index >= 15 is 0 Å². The molecule has 0 N–H and O–H groups in total. The normalized spacial score (nSPS) is 18.5. The number of rotatable bonds is 3. The number of amides is 1. The Kier molecular flexibility index (Phi) is 5.39. The molecular formula is C18H27NO4. The Labute approximate surface area is 138 Å². The van der Waals surface area contributed by atoms with E-state index in [9.17, 15) is 4.79 Å². The number of benzene rings is 1. The Morgan fingerprint density at radius 1 is 1.13 bits per heavy atom. The van der Waals surface area contributed by atoms with E-state index in [2.05, 4.69) is 0 Å². The van der Waals surface area contributed by atoms with Crippen LogP contribution in [-0.2, 0) is 4.74 Å².